The third kappa shape index (κ3) is 5.99. The van der Waals surface area contributed by atoms with E-state index < -0.39 is 18.6 Å². The molecular weight excluding hydrogens is 417 g/mol. The summed E-state index contributed by atoms with van der Waals surface area (Å²) in [6, 6.07) is 13.3. The van der Waals surface area contributed by atoms with Gasteiger partial charge in [-0.05, 0) is 43.3 Å². The zero-order valence-electron chi connectivity index (χ0n) is 15.9. The van der Waals surface area contributed by atoms with E-state index in [2.05, 4.69) is 15.3 Å². The van der Waals surface area contributed by atoms with Gasteiger partial charge < -0.3 is 15.6 Å². The predicted molar refractivity (Wildman–Crippen MR) is 110 cm³/mol. The maximum atomic E-state index is 12.2. The number of carbonyl (C=O) groups excluding carboxylic acids is 2. The van der Waals surface area contributed by atoms with E-state index in [1.54, 1.807) is 5.32 Å². The van der Waals surface area contributed by atoms with Crippen molar-refractivity contribution in [2.75, 3.05) is 17.6 Å². The van der Waals surface area contributed by atoms with Gasteiger partial charge in [-0.1, -0.05) is 12.1 Å². The van der Waals surface area contributed by atoms with Crippen molar-refractivity contribution in [3.05, 3.63) is 59.9 Å². The average molecular weight is 436 g/mol. The number of alkyl halides is 3. The molecule has 0 aliphatic rings. The molecule has 1 unspecified atom stereocenters. The molecule has 0 aliphatic carbocycles. The zero-order valence-corrected chi connectivity index (χ0v) is 16.7. The number of hydrogen-bond acceptors (Lipinski definition) is 4. The minimum Gasteiger partial charge on any atom is -0.343 e. The number of amides is 2. The monoisotopic (exact) mass is 436 g/mol. The number of nitrogens with zero attached hydrogens (tertiary/aromatic N) is 1. The second-order valence-electron chi connectivity index (χ2n) is 6.52. The quantitative estimate of drug-likeness (QED) is 0.516. The van der Waals surface area contributed by atoms with Gasteiger partial charge in [-0.3, -0.25) is 9.59 Å². The Kier molecular flexibility index (Phi) is 6.66. The number of fused-ring (bicyclic) bond motifs is 1. The van der Waals surface area contributed by atoms with Crippen LogP contribution in [0.1, 0.15) is 28.4 Å². The van der Waals surface area contributed by atoms with Gasteiger partial charge >= 0.3 is 6.18 Å². The Labute approximate surface area is 174 Å². The van der Waals surface area contributed by atoms with Gasteiger partial charge in [0, 0.05) is 11.3 Å². The molecule has 2 amide bonds. The number of imidazole rings is 1. The summed E-state index contributed by atoms with van der Waals surface area (Å²) in [4.78, 5) is 31.6. The molecule has 0 fully saturated rings. The molecular formula is C20H19F3N4O2S. The normalized spacial score (nSPS) is 12.5. The van der Waals surface area contributed by atoms with Crippen LogP contribution in [-0.4, -0.2) is 40.3 Å². The van der Waals surface area contributed by atoms with Crippen molar-refractivity contribution >= 4 is 40.3 Å². The first-order valence-corrected chi connectivity index (χ1v) is 10.1. The molecule has 3 aromatic rings. The molecule has 0 bridgehead atoms. The fourth-order valence-electron chi connectivity index (χ4n) is 2.63. The van der Waals surface area contributed by atoms with E-state index in [9.17, 15) is 22.8 Å². The Hall–Kier alpha value is -3.01. The van der Waals surface area contributed by atoms with Gasteiger partial charge in [0.25, 0.3) is 5.91 Å². The highest BCUT2D eigenvalue weighted by Gasteiger charge is 2.27. The number of thioether (sulfide) groups is 1. The van der Waals surface area contributed by atoms with E-state index in [1.165, 1.54) is 36.0 Å². The number of anilines is 1. The summed E-state index contributed by atoms with van der Waals surface area (Å²) < 4.78 is 36.5. The molecule has 6 nitrogen and oxygen atoms in total. The van der Waals surface area contributed by atoms with E-state index in [1.807, 2.05) is 31.2 Å². The summed E-state index contributed by atoms with van der Waals surface area (Å²) in [7, 11) is 0. The third-order valence-electron chi connectivity index (χ3n) is 4.14. The van der Waals surface area contributed by atoms with Crippen LogP contribution in [0.25, 0.3) is 11.0 Å². The zero-order chi connectivity index (χ0) is 21.7. The number of nitrogens with one attached hydrogen (secondary N) is 3. The average Bonchev–Trinajstić information content (AvgIpc) is 3.14. The lowest BCUT2D eigenvalue weighted by atomic mass is 10.2. The van der Waals surface area contributed by atoms with Crippen LogP contribution in [0, 0.1) is 0 Å². The molecule has 1 aromatic heterocycles. The van der Waals surface area contributed by atoms with E-state index in [4.69, 9.17) is 0 Å². The molecule has 158 valence electrons. The van der Waals surface area contributed by atoms with Crippen LogP contribution in [0.3, 0.4) is 0 Å². The Morgan fingerprint density at radius 3 is 2.50 bits per heavy atom. The number of rotatable bonds is 7. The van der Waals surface area contributed by atoms with Gasteiger partial charge in [0.1, 0.15) is 12.4 Å². The molecule has 0 radical (unpaired) electrons. The fraction of sp³-hybridized carbons (Fsp3) is 0.250. The molecule has 1 heterocycles. The van der Waals surface area contributed by atoms with Crippen molar-refractivity contribution in [3.63, 3.8) is 0 Å². The number of benzene rings is 2. The van der Waals surface area contributed by atoms with Crippen LogP contribution in [-0.2, 0) is 4.79 Å². The summed E-state index contributed by atoms with van der Waals surface area (Å²) in [5.41, 5.74) is 2.32. The highest BCUT2D eigenvalue weighted by atomic mass is 32.2. The summed E-state index contributed by atoms with van der Waals surface area (Å²) in [5, 5.41) is 4.46. The molecule has 0 saturated heterocycles. The lowest BCUT2D eigenvalue weighted by Gasteiger charge is -2.10. The highest BCUT2D eigenvalue weighted by molar-refractivity contribution is 8.00. The molecule has 1 atom stereocenters. The van der Waals surface area contributed by atoms with Crippen LogP contribution in [0.4, 0.5) is 18.9 Å². The van der Waals surface area contributed by atoms with E-state index >= 15 is 0 Å². The lowest BCUT2D eigenvalue weighted by Crippen LogP contribution is -2.33. The van der Waals surface area contributed by atoms with Crippen LogP contribution in [0.15, 0.2) is 48.5 Å². The van der Waals surface area contributed by atoms with E-state index in [0.29, 0.717) is 5.69 Å². The molecule has 0 aliphatic heterocycles. The van der Waals surface area contributed by atoms with Crippen molar-refractivity contribution in [1.82, 2.24) is 15.3 Å². The molecule has 0 spiro atoms. The molecule has 10 heteroatoms. The topological polar surface area (TPSA) is 86.9 Å². The largest absolute Gasteiger partial charge is 0.405 e. The van der Waals surface area contributed by atoms with Gasteiger partial charge in [-0.15, -0.1) is 11.8 Å². The number of aromatic nitrogens is 2. The summed E-state index contributed by atoms with van der Waals surface area (Å²) in [5.74, 6) is -0.104. The third-order valence-corrected chi connectivity index (χ3v) is 5.29. The lowest BCUT2D eigenvalue weighted by molar-refractivity contribution is -0.123. The standard InChI is InChI=1S/C20H19F3N4O2S/c1-12(18-26-15-4-2-3-5-16(15)27-18)30-10-17(28)25-14-8-6-13(7-9-14)19(29)24-11-20(21,22)23/h2-9,12H,10-11H2,1H3,(H,24,29)(H,25,28)(H,26,27). The first kappa shape index (κ1) is 21.7. The van der Waals surface area contributed by atoms with Crippen molar-refractivity contribution < 1.29 is 22.8 Å². The van der Waals surface area contributed by atoms with E-state index in [0.717, 1.165) is 16.9 Å². The second-order valence-corrected chi connectivity index (χ2v) is 7.84. The number of halogens is 3. The maximum Gasteiger partial charge on any atom is 0.405 e. The first-order valence-electron chi connectivity index (χ1n) is 9.02. The predicted octanol–water partition coefficient (Wildman–Crippen LogP) is 4.29. The van der Waals surface area contributed by atoms with Crippen molar-refractivity contribution in [2.45, 2.75) is 18.3 Å². The van der Waals surface area contributed by atoms with Crippen LogP contribution >= 0.6 is 11.8 Å². The Morgan fingerprint density at radius 2 is 1.83 bits per heavy atom. The molecule has 3 N–H and O–H groups in total. The van der Waals surface area contributed by atoms with Crippen molar-refractivity contribution in [3.8, 4) is 0 Å². The van der Waals surface area contributed by atoms with Crippen molar-refractivity contribution in [1.29, 1.82) is 0 Å². The first-order chi connectivity index (χ1) is 14.2. The van der Waals surface area contributed by atoms with Gasteiger partial charge in [-0.25, -0.2) is 4.98 Å². The van der Waals surface area contributed by atoms with E-state index in [-0.39, 0.29) is 22.5 Å². The van der Waals surface area contributed by atoms with Gasteiger partial charge in [0.2, 0.25) is 5.91 Å². The number of para-hydroxylation sites is 2. The number of carbonyl (C=O) groups is 2. The molecule has 0 saturated carbocycles. The van der Waals surface area contributed by atoms with Crippen LogP contribution < -0.4 is 10.6 Å². The Bertz CT molecular complexity index is 1000. The van der Waals surface area contributed by atoms with Gasteiger partial charge in [0.15, 0.2) is 0 Å². The molecule has 30 heavy (non-hydrogen) atoms. The maximum absolute atomic E-state index is 12.2. The number of H-pyrrole nitrogens is 1. The van der Waals surface area contributed by atoms with Gasteiger partial charge in [0.05, 0.1) is 22.0 Å². The van der Waals surface area contributed by atoms with Gasteiger partial charge in [-0.2, -0.15) is 13.2 Å². The molecule has 3 rings (SSSR count). The summed E-state index contributed by atoms with van der Waals surface area (Å²) in [6.07, 6.45) is -4.47. The summed E-state index contributed by atoms with van der Waals surface area (Å²) >= 11 is 1.41. The van der Waals surface area contributed by atoms with Crippen LogP contribution in [0.5, 0.6) is 0 Å². The minimum absolute atomic E-state index is 0.0251. The van der Waals surface area contributed by atoms with Crippen LogP contribution in [0.2, 0.25) is 0 Å². The Balaban J connectivity index is 1.49. The smallest absolute Gasteiger partial charge is 0.343 e. The Morgan fingerprint density at radius 1 is 1.13 bits per heavy atom. The number of hydrogen-bond donors (Lipinski definition) is 3. The number of aromatic amines is 1. The SMILES string of the molecule is CC(SCC(=O)Nc1ccc(C(=O)NCC(F)(F)F)cc1)c1nc2ccccc2[nH]1. The van der Waals surface area contributed by atoms with Crippen molar-refractivity contribution in [2.24, 2.45) is 0 Å². The molecule has 2 aromatic carbocycles. The second kappa shape index (κ2) is 9.21. The summed E-state index contributed by atoms with van der Waals surface area (Å²) in [6.45, 7) is 0.551. The minimum atomic E-state index is -4.47. The fourth-order valence-corrected chi connectivity index (χ4v) is 3.37. The highest BCUT2D eigenvalue weighted by Crippen LogP contribution is 2.27.